The van der Waals surface area contributed by atoms with E-state index in [-0.39, 0.29) is 6.04 Å². The molecule has 0 aliphatic carbocycles. The van der Waals surface area contributed by atoms with Crippen LogP contribution in [-0.4, -0.2) is 16.8 Å². The van der Waals surface area contributed by atoms with Gasteiger partial charge in [0, 0.05) is 6.20 Å². The number of hydrogen-bond donors (Lipinski definition) is 2. The summed E-state index contributed by atoms with van der Waals surface area (Å²) in [4.78, 5) is 0. The molecule has 2 rings (SSSR count). The number of aromatic amines is 1. The lowest BCUT2D eigenvalue weighted by atomic mass is 10.1. The van der Waals surface area contributed by atoms with E-state index in [1.165, 1.54) is 0 Å². The SMILES string of the molecule is CCOc1ccc(C(N)c2ccn[nH]2)cc1. The number of rotatable bonds is 4. The molecule has 0 saturated heterocycles. The average molecular weight is 217 g/mol. The molecule has 4 heteroatoms. The van der Waals surface area contributed by atoms with Gasteiger partial charge < -0.3 is 10.5 Å². The van der Waals surface area contributed by atoms with Gasteiger partial charge in [-0.25, -0.2) is 0 Å². The molecule has 0 fully saturated rings. The number of nitrogens with two attached hydrogens (primary N) is 1. The number of nitrogens with zero attached hydrogens (tertiary/aromatic N) is 1. The normalized spacial score (nSPS) is 12.4. The Balaban J connectivity index is 2.15. The first-order valence-electron chi connectivity index (χ1n) is 5.29. The van der Waals surface area contributed by atoms with Crippen molar-refractivity contribution in [1.82, 2.24) is 10.2 Å². The fourth-order valence-corrected chi connectivity index (χ4v) is 1.56. The maximum Gasteiger partial charge on any atom is 0.119 e. The minimum atomic E-state index is -0.168. The van der Waals surface area contributed by atoms with Crippen LogP contribution in [0, 0.1) is 0 Å². The van der Waals surface area contributed by atoms with Gasteiger partial charge in [-0.3, -0.25) is 5.10 Å². The van der Waals surface area contributed by atoms with Crippen molar-refractivity contribution in [1.29, 1.82) is 0 Å². The predicted molar refractivity (Wildman–Crippen MR) is 62.2 cm³/mol. The first-order chi connectivity index (χ1) is 7.81. The molecule has 1 heterocycles. The van der Waals surface area contributed by atoms with E-state index in [1.807, 2.05) is 37.3 Å². The van der Waals surface area contributed by atoms with Crippen molar-refractivity contribution >= 4 is 0 Å². The van der Waals surface area contributed by atoms with E-state index in [9.17, 15) is 0 Å². The van der Waals surface area contributed by atoms with Crippen LogP contribution in [0.15, 0.2) is 36.5 Å². The Morgan fingerprint density at radius 3 is 2.62 bits per heavy atom. The Morgan fingerprint density at radius 1 is 1.31 bits per heavy atom. The molecular weight excluding hydrogens is 202 g/mol. The fourth-order valence-electron chi connectivity index (χ4n) is 1.56. The number of ether oxygens (including phenoxy) is 1. The van der Waals surface area contributed by atoms with Crippen LogP contribution in [0.3, 0.4) is 0 Å². The van der Waals surface area contributed by atoms with Crippen LogP contribution in [0.25, 0.3) is 0 Å². The highest BCUT2D eigenvalue weighted by atomic mass is 16.5. The Hall–Kier alpha value is -1.81. The van der Waals surface area contributed by atoms with Gasteiger partial charge in [0.15, 0.2) is 0 Å². The molecular formula is C12H15N3O. The summed E-state index contributed by atoms with van der Waals surface area (Å²) in [6.07, 6.45) is 1.70. The number of benzene rings is 1. The predicted octanol–water partition coefficient (Wildman–Crippen LogP) is 1.86. The van der Waals surface area contributed by atoms with E-state index in [1.54, 1.807) is 6.20 Å². The highest BCUT2D eigenvalue weighted by Crippen LogP contribution is 2.20. The third-order valence-corrected chi connectivity index (χ3v) is 2.41. The van der Waals surface area contributed by atoms with Gasteiger partial charge in [0.05, 0.1) is 18.3 Å². The Kier molecular flexibility index (Phi) is 3.22. The van der Waals surface area contributed by atoms with Gasteiger partial charge in [0.1, 0.15) is 5.75 Å². The lowest BCUT2D eigenvalue weighted by Crippen LogP contribution is -2.12. The summed E-state index contributed by atoms with van der Waals surface area (Å²) in [5.41, 5.74) is 8.01. The molecule has 0 radical (unpaired) electrons. The molecule has 2 aromatic rings. The standard InChI is InChI=1S/C12H15N3O/c1-2-16-10-5-3-9(4-6-10)12(13)11-7-8-14-15-11/h3-8,12H,2,13H2,1H3,(H,14,15). The molecule has 0 aliphatic heterocycles. The maximum atomic E-state index is 6.07. The van der Waals surface area contributed by atoms with E-state index in [0.717, 1.165) is 17.0 Å². The molecule has 1 atom stereocenters. The zero-order valence-electron chi connectivity index (χ0n) is 9.18. The largest absolute Gasteiger partial charge is 0.494 e. The molecule has 1 unspecified atom stereocenters. The van der Waals surface area contributed by atoms with E-state index < -0.39 is 0 Å². The molecule has 0 aliphatic rings. The van der Waals surface area contributed by atoms with Gasteiger partial charge in [-0.2, -0.15) is 5.10 Å². The van der Waals surface area contributed by atoms with E-state index >= 15 is 0 Å². The monoisotopic (exact) mass is 217 g/mol. The van der Waals surface area contributed by atoms with Crippen molar-refractivity contribution in [2.24, 2.45) is 5.73 Å². The third kappa shape index (κ3) is 2.23. The quantitative estimate of drug-likeness (QED) is 0.821. The highest BCUT2D eigenvalue weighted by molar-refractivity contribution is 5.32. The zero-order valence-corrected chi connectivity index (χ0v) is 9.18. The zero-order chi connectivity index (χ0) is 11.4. The molecule has 3 N–H and O–H groups in total. The number of hydrogen-bond acceptors (Lipinski definition) is 3. The fraction of sp³-hybridized carbons (Fsp3) is 0.250. The van der Waals surface area contributed by atoms with Crippen LogP contribution >= 0.6 is 0 Å². The summed E-state index contributed by atoms with van der Waals surface area (Å²) in [5, 5.41) is 6.75. The summed E-state index contributed by atoms with van der Waals surface area (Å²) < 4.78 is 5.37. The molecule has 4 nitrogen and oxygen atoms in total. The summed E-state index contributed by atoms with van der Waals surface area (Å²) in [7, 11) is 0. The summed E-state index contributed by atoms with van der Waals surface area (Å²) in [6.45, 7) is 2.64. The molecule has 0 spiro atoms. The van der Waals surface area contributed by atoms with Gasteiger partial charge in [-0.15, -0.1) is 0 Å². The summed E-state index contributed by atoms with van der Waals surface area (Å²) in [6, 6.07) is 9.50. The van der Waals surface area contributed by atoms with Crippen molar-refractivity contribution in [2.45, 2.75) is 13.0 Å². The molecule has 0 bridgehead atoms. The number of aromatic nitrogens is 2. The van der Waals surface area contributed by atoms with Crippen molar-refractivity contribution in [2.75, 3.05) is 6.61 Å². The van der Waals surface area contributed by atoms with Crippen molar-refractivity contribution in [3.05, 3.63) is 47.8 Å². The first kappa shape index (κ1) is 10.7. The van der Waals surface area contributed by atoms with E-state index in [0.29, 0.717) is 6.61 Å². The Bertz CT molecular complexity index is 422. The molecule has 16 heavy (non-hydrogen) atoms. The van der Waals surface area contributed by atoms with E-state index in [2.05, 4.69) is 10.2 Å². The van der Waals surface area contributed by atoms with Crippen LogP contribution < -0.4 is 10.5 Å². The van der Waals surface area contributed by atoms with Crippen molar-refractivity contribution < 1.29 is 4.74 Å². The van der Waals surface area contributed by atoms with Crippen LogP contribution in [-0.2, 0) is 0 Å². The second kappa shape index (κ2) is 4.81. The van der Waals surface area contributed by atoms with Gasteiger partial charge in [-0.1, -0.05) is 12.1 Å². The van der Waals surface area contributed by atoms with Crippen LogP contribution in [0.1, 0.15) is 24.2 Å². The molecule has 0 saturated carbocycles. The van der Waals surface area contributed by atoms with Crippen LogP contribution in [0.5, 0.6) is 5.75 Å². The molecule has 84 valence electrons. The minimum Gasteiger partial charge on any atom is -0.494 e. The molecule has 0 amide bonds. The van der Waals surface area contributed by atoms with Crippen molar-refractivity contribution in [3.8, 4) is 5.75 Å². The molecule has 1 aromatic heterocycles. The van der Waals surface area contributed by atoms with Gasteiger partial charge in [-0.05, 0) is 30.7 Å². The minimum absolute atomic E-state index is 0.168. The lowest BCUT2D eigenvalue weighted by Gasteiger charge is -2.10. The van der Waals surface area contributed by atoms with E-state index in [4.69, 9.17) is 10.5 Å². The van der Waals surface area contributed by atoms with Crippen molar-refractivity contribution in [3.63, 3.8) is 0 Å². The van der Waals surface area contributed by atoms with Gasteiger partial charge in [0.25, 0.3) is 0 Å². The third-order valence-electron chi connectivity index (χ3n) is 2.41. The first-order valence-corrected chi connectivity index (χ1v) is 5.29. The second-order valence-electron chi connectivity index (χ2n) is 3.49. The summed E-state index contributed by atoms with van der Waals surface area (Å²) in [5.74, 6) is 0.864. The maximum absolute atomic E-state index is 6.07. The average Bonchev–Trinajstić information content (AvgIpc) is 2.83. The number of nitrogens with one attached hydrogen (secondary N) is 1. The summed E-state index contributed by atoms with van der Waals surface area (Å²) >= 11 is 0. The smallest absolute Gasteiger partial charge is 0.119 e. The topological polar surface area (TPSA) is 63.9 Å². The van der Waals surface area contributed by atoms with Gasteiger partial charge >= 0.3 is 0 Å². The Morgan fingerprint density at radius 2 is 2.06 bits per heavy atom. The van der Waals surface area contributed by atoms with Crippen LogP contribution in [0.2, 0.25) is 0 Å². The van der Waals surface area contributed by atoms with Crippen LogP contribution in [0.4, 0.5) is 0 Å². The molecule has 1 aromatic carbocycles. The number of H-pyrrole nitrogens is 1. The Labute approximate surface area is 94.4 Å². The lowest BCUT2D eigenvalue weighted by molar-refractivity contribution is 0.340. The highest BCUT2D eigenvalue weighted by Gasteiger charge is 2.09. The van der Waals surface area contributed by atoms with Gasteiger partial charge in [0.2, 0.25) is 0 Å². The second-order valence-corrected chi connectivity index (χ2v) is 3.49.